The molecule has 2 atom stereocenters. The van der Waals surface area contributed by atoms with Gasteiger partial charge in [0.15, 0.2) is 5.69 Å². The van der Waals surface area contributed by atoms with Crippen molar-refractivity contribution in [1.82, 2.24) is 9.78 Å². The molecule has 0 aromatic carbocycles. The van der Waals surface area contributed by atoms with Crippen LogP contribution < -0.4 is 5.73 Å². The number of nitriles is 1. The molecule has 0 unspecified atom stereocenters. The fourth-order valence-corrected chi connectivity index (χ4v) is 2.61. The van der Waals surface area contributed by atoms with E-state index in [2.05, 4.69) is 5.10 Å². The van der Waals surface area contributed by atoms with Crippen LogP contribution in [0.15, 0.2) is 0 Å². The number of carbonyl (C=O) groups excluding carboxylic acids is 1. The maximum atomic E-state index is 13.9. The zero-order valence-corrected chi connectivity index (χ0v) is 8.65. The van der Waals surface area contributed by atoms with Gasteiger partial charge < -0.3 is 5.73 Å². The van der Waals surface area contributed by atoms with Gasteiger partial charge in [-0.25, -0.2) is 0 Å². The Bertz CT molecular complexity index is 572. The van der Waals surface area contributed by atoms with Gasteiger partial charge in [0.25, 0.3) is 5.92 Å². The fourth-order valence-electron chi connectivity index (χ4n) is 2.61. The summed E-state index contributed by atoms with van der Waals surface area (Å²) in [6.07, 6.45) is 0.386. The molecule has 88 valence electrons. The normalized spacial score (nSPS) is 27.1. The average molecular weight is 238 g/mol. The molecule has 0 bridgehead atoms. The van der Waals surface area contributed by atoms with Crippen LogP contribution in [0.25, 0.3) is 0 Å². The summed E-state index contributed by atoms with van der Waals surface area (Å²) in [4.78, 5) is 10.8. The van der Waals surface area contributed by atoms with E-state index in [9.17, 15) is 13.6 Å². The summed E-state index contributed by atoms with van der Waals surface area (Å²) in [5.41, 5.74) is 4.98. The molecule has 3 rings (SSSR count). The van der Waals surface area contributed by atoms with Gasteiger partial charge in [-0.1, -0.05) is 0 Å². The summed E-state index contributed by atoms with van der Waals surface area (Å²) in [6.45, 7) is -0.418. The van der Waals surface area contributed by atoms with Crippen LogP contribution in [-0.4, -0.2) is 15.7 Å². The van der Waals surface area contributed by atoms with Gasteiger partial charge in [0.1, 0.15) is 18.3 Å². The zero-order valence-electron chi connectivity index (χ0n) is 8.65. The Labute approximate surface area is 94.8 Å². The topological polar surface area (TPSA) is 84.7 Å². The van der Waals surface area contributed by atoms with Gasteiger partial charge >= 0.3 is 0 Å². The molecular formula is C10H8F2N4O. The first-order valence-electron chi connectivity index (χ1n) is 5.14. The minimum absolute atomic E-state index is 0.00840. The van der Waals surface area contributed by atoms with E-state index >= 15 is 0 Å². The highest BCUT2D eigenvalue weighted by Crippen LogP contribution is 2.67. The van der Waals surface area contributed by atoms with E-state index in [0.717, 1.165) is 4.68 Å². The number of rotatable bonds is 2. The smallest absolute Gasteiger partial charge is 0.293 e. The molecule has 17 heavy (non-hydrogen) atoms. The Kier molecular flexibility index (Phi) is 1.70. The number of aromatic nitrogens is 2. The standard InChI is InChI=1S/C10H8F2N4O/c11-10(12)5-1-4(5)8-6(2-13)15-16(9(8)10)3-7(14)17/h4-5H,1,3H2,(H2,14,17)/t4-,5+/m0/s1. The zero-order chi connectivity index (χ0) is 12.4. The third-order valence-electron chi connectivity index (χ3n) is 3.34. The Morgan fingerprint density at radius 1 is 1.71 bits per heavy atom. The molecule has 1 aromatic rings. The summed E-state index contributed by atoms with van der Waals surface area (Å²) in [5, 5.41) is 12.6. The number of primary amides is 1. The third kappa shape index (κ3) is 1.15. The number of amides is 1. The van der Waals surface area contributed by atoms with Crippen LogP contribution in [0.4, 0.5) is 8.78 Å². The molecule has 5 nitrogen and oxygen atoms in total. The number of nitrogens with zero attached hydrogens (tertiary/aromatic N) is 3. The van der Waals surface area contributed by atoms with E-state index in [4.69, 9.17) is 11.0 Å². The van der Waals surface area contributed by atoms with E-state index in [1.54, 1.807) is 6.07 Å². The van der Waals surface area contributed by atoms with Crippen molar-refractivity contribution in [1.29, 1.82) is 5.26 Å². The number of halogens is 2. The molecule has 2 aliphatic carbocycles. The van der Waals surface area contributed by atoms with Gasteiger partial charge in [-0.3, -0.25) is 9.48 Å². The lowest BCUT2D eigenvalue weighted by Gasteiger charge is -2.14. The molecule has 1 amide bonds. The van der Waals surface area contributed by atoms with E-state index in [-0.39, 0.29) is 17.3 Å². The van der Waals surface area contributed by atoms with Crippen LogP contribution in [0.3, 0.4) is 0 Å². The number of alkyl halides is 2. The van der Waals surface area contributed by atoms with Crippen molar-refractivity contribution >= 4 is 5.91 Å². The Hall–Kier alpha value is -1.97. The molecule has 0 spiro atoms. The van der Waals surface area contributed by atoms with Crippen LogP contribution in [0.2, 0.25) is 0 Å². The summed E-state index contributed by atoms with van der Waals surface area (Å²) >= 11 is 0. The minimum Gasteiger partial charge on any atom is -0.368 e. The van der Waals surface area contributed by atoms with Crippen LogP contribution in [0.5, 0.6) is 0 Å². The van der Waals surface area contributed by atoms with E-state index in [1.165, 1.54) is 0 Å². The molecule has 1 saturated carbocycles. The molecule has 2 aliphatic rings. The number of hydrogen-bond acceptors (Lipinski definition) is 3. The molecule has 7 heteroatoms. The Morgan fingerprint density at radius 3 is 3.00 bits per heavy atom. The van der Waals surface area contributed by atoms with Crippen molar-refractivity contribution in [2.24, 2.45) is 11.7 Å². The van der Waals surface area contributed by atoms with Crippen molar-refractivity contribution in [2.75, 3.05) is 0 Å². The lowest BCUT2D eigenvalue weighted by atomic mass is 10.1. The second kappa shape index (κ2) is 2.83. The molecular weight excluding hydrogens is 230 g/mol. The highest BCUT2D eigenvalue weighted by atomic mass is 19.3. The molecule has 1 heterocycles. The second-order valence-electron chi connectivity index (χ2n) is 4.42. The molecule has 0 aliphatic heterocycles. The maximum absolute atomic E-state index is 13.9. The average Bonchev–Trinajstić information content (AvgIpc) is 2.89. The van der Waals surface area contributed by atoms with Crippen molar-refractivity contribution < 1.29 is 13.6 Å². The summed E-state index contributed by atoms with van der Waals surface area (Å²) in [5.74, 6) is -4.77. The molecule has 1 aromatic heterocycles. The first kappa shape index (κ1) is 10.2. The highest BCUT2D eigenvalue weighted by Gasteiger charge is 2.66. The van der Waals surface area contributed by atoms with Crippen molar-refractivity contribution in [3.05, 3.63) is 17.0 Å². The van der Waals surface area contributed by atoms with Crippen LogP contribution in [0.1, 0.15) is 29.3 Å². The summed E-state index contributed by atoms with van der Waals surface area (Å²) < 4.78 is 28.7. The lowest BCUT2D eigenvalue weighted by molar-refractivity contribution is -0.119. The first-order chi connectivity index (χ1) is 7.96. The number of nitrogens with two attached hydrogens (primary N) is 1. The predicted molar refractivity (Wildman–Crippen MR) is 50.9 cm³/mol. The van der Waals surface area contributed by atoms with Crippen LogP contribution in [-0.2, 0) is 17.3 Å². The van der Waals surface area contributed by atoms with Gasteiger partial charge in [0.2, 0.25) is 5.91 Å². The fraction of sp³-hybridized carbons (Fsp3) is 0.500. The monoisotopic (exact) mass is 238 g/mol. The van der Waals surface area contributed by atoms with E-state index in [1.807, 2.05) is 0 Å². The third-order valence-corrected chi connectivity index (χ3v) is 3.34. The quantitative estimate of drug-likeness (QED) is 0.811. The van der Waals surface area contributed by atoms with E-state index in [0.29, 0.717) is 12.0 Å². The van der Waals surface area contributed by atoms with Gasteiger partial charge in [0, 0.05) is 11.5 Å². The van der Waals surface area contributed by atoms with Crippen LogP contribution in [0, 0.1) is 17.2 Å². The van der Waals surface area contributed by atoms with Crippen molar-refractivity contribution in [3.63, 3.8) is 0 Å². The molecule has 0 saturated heterocycles. The highest BCUT2D eigenvalue weighted by molar-refractivity contribution is 5.73. The predicted octanol–water partition coefficient (Wildman–Crippen LogP) is 0.449. The SMILES string of the molecule is N#Cc1nn(CC(N)=O)c2c1[C@H]1C[C@H]1C2(F)F. The second-order valence-corrected chi connectivity index (χ2v) is 4.42. The number of hydrogen-bond donors (Lipinski definition) is 1. The van der Waals surface area contributed by atoms with Crippen LogP contribution >= 0.6 is 0 Å². The van der Waals surface area contributed by atoms with Gasteiger partial charge in [-0.05, 0) is 12.3 Å². The maximum Gasteiger partial charge on any atom is 0.293 e. The van der Waals surface area contributed by atoms with Gasteiger partial charge in [-0.2, -0.15) is 19.1 Å². The largest absolute Gasteiger partial charge is 0.368 e. The number of fused-ring (bicyclic) bond motifs is 3. The van der Waals surface area contributed by atoms with Gasteiger partial charge in [0.05, 0.1) is 0 Å². The lowest BCUT2D eigenvalue weighted by Crippen LogP contribution is -2.26. The minimum atomic E-state index is -3.00. The summed E-state index contributed by atoms with van der Waals surface area (Å²) in [6, 6.07) is 1.80. The molecule has 1 fully saturated rings. The van der Waals surface area contributed by atoms with E-state index < -0.39 is 24.3 Å². The first-order valence-corrected chi connectivity index (χ1v) is 5.14. The molecule has 0 radical (unpaired) electrons. The van der Waals surface area contributed by atoms with Crippen molar-refractivity contribution in [2.45, 2.75) is 24.8 Å². The van der Waals surface area contributed by atoms with Crippen molar-refractivity contribution in [3.8, 4) is 6.07 Å². The Morgan fingerprint density at radius 2 is 2.41 bits per heavy atom. The number of carbonyl (C=O) groups is 1. The van der Waals surface area contributed by atoms with Gasteiger partial charge in [-0.15, -0.1) is 0 Å². The Balaban J connectivity index is 2.18. The molecule has 2 N–H and O–H groups in total. The summed E-state index contributed by atoms with van der Waals surface area (Å²) in [7, 11) is 0.